The standard InChI is InChI=1S/C13H21N3S/c1-3-16(11-6-7-11)13-15-9(2)12(17-13)8-14-10-4-5-10/h10-11,14H,3-8H2,1-2H3. The van der Waals surface area contributed by atoms with Crippen LogP contribution in [-0.2, 0) is 6.54 Å². The van der Waals surface area contributed by atoms with E-state index in [0.717, 1.165) is 25.2 Å². The van der Waals surface area contributed by atoms with Crippen molar-refractivity contribution in [2.24, 2.45) is 0 Å². The summed E-state index contributed by atoms with van der Waals surface area (Å²) in [6.07, 6.45) is 5.41. The summed E-state index contributed by atoms with van der Waals surface area (Å²) in [6.45, 7) is 6.48. The highest BCUT2D eigenvalue weighted by molar-refractivity contribution is 7.15. The quantitative estimate of drug-likeness (QED) is 0.842. The molecule has 2 aliphatic carbocycles. The third-order valence-electron chi connectivity index (χ3n) is 3.58. The Hall–Kier alpha value is -0.610. The molecule has 4 heteroatoms. The zero-order chi connectivity index (χ0) is 11.8. The van der Waals surface area contributed by atoms with Gasteiger partial charge in [-0.2, -0.15) is 0 Å². The smallest absolute Gasteiger partial charge is 0.186 e. The van der Waals surface area contributed by atoms with Gasteiger partial charge in [0.1, 0.15) is 0 Å². The molecule has 1 heterocycles. The van der Waals surface area contributed by atoms with Crippen LogP contribution in [0.5, 0.6) is 0 Å². The highest BCUT2D eigenvalue weighted by Gasteiger charge is 2.30. The zero-order valence-electron chi connectivity index (χ0n) is 10.7. The van der Waals surface area contributed by atoms with Gasteiger partial charge in [-0.25, -0.2) is 4.98 Å². The number of rotatable bonds is 6. The summed E-state index contributed by atoms with van der Waals surface area (Å²) < 4.78 is 0. The van der Waals surface area contributed by atoms with E-state index in [0.29, 0.717) is 0 Å². The van der Waals surface area contributed by atoms with Crippen molar-refractivity contribution in [1.82, 2.24) is 10.3 Å². The van der Waals surface area contributed by atoms with Crippen molar-refractivity contribution < 1.29 is 0 Å². The normalized spacial score (nSPS) is 19.6. The van der Waals surface area contributed by atoms with Gasteiger partial charge in [0, 0.05) is 30.1 Å². The Labute approximate surface area is 107 Å². The van der Waals surface area contributed by atoms with Crippen molar-refractivity contribution in [3.63, 3.8) is 0 Å². The Morgan fingerprint density at radius 1 is 1.35 bits per heavy atom. The number of hydrogen-bond acceptors (Lipinski definition) is 4. The van der Waals surface area contributed by atoms with Gasteiger partial charge in [-0.15, -0.1) is 11.3 Å². The summed E-state index contributed by atoms with van der Waals surface area (Å²) in [5.41, 5.74) is 1.22. The fraction of sp³-hybridized carbons (Fsp3) is 0.769. The second-order valence-corrected chi connectivity index (χ2v) is 6.24. The lowest BCUT2D eigenvalue weighted by Crippen LogP contribution is -2.24. The van der Waals surface area contributed by atoms with E-state index in [1.54, 1.807) is 0 Å². The van der Waals surface area contributed by atoms with Gasteiger partial charge in [-0.3, -0.25) is 0 Å². The number of aromatic nitrogens is 1. The van der Waals surface area contributed by atoms with E-state index < -0.39 is 0 Å². The SMILES string of the molecule is CCN(c1nc(C)c(CNC2CC2)s1)C1CC1. The fourth-order valence-electron chi connectivity index (χ4n) is 2.16. The van der Waals surface area contributed by atoms with E-state index in [4.69, 9.17) is 4.98 Å². The number of aryl methyl sites for hydroxylation is 1. The van der Waals surface area contributed by atoms with Crippen LogP contribution in [0.1, 0.15) is 43.2 Å². The van der Waals surface area contributed by atoms with Gasteiger partial charge in [0.05, 0.1) is 5.69 Å². The van der Waals surface area contributed by atoms with Crippen molar-refractivity contribution >= 4 is 16.5 Å². The van der Waals surface area contributed by atoms with Gasteiger partial charge in [-0.1, -0.05) is 0 Å². The van der Waals surface area contributed by atoms with Gasteiger partial charge in [0.2, 0.25) is 0 Å². The molecule has 0 bridgehead atoms. The minimum absolute atomic E-state index is 0.773. The van der Waals surface area contributed by atoms with Crippen molar-refractivity contribution in [3.05, 3.63) is 10.6 Å². The van der Waals surface area contributed by atoms with Gasteiger partial charge in [0.25, 0.3) is 0 Å². The molecule has 2 saturated carbocycles. The summed E-state index contributed by atoms with van der Waals surface area (Å²) in [6, 6.07) is 1.56. The van der Waals surface area contributed by atoms with E-state index in [1.807, 2.05) is 11.3 Å². The molecule has 0 spiro atoms. The molecule has 3 rings (SSSR count). The predicted octanol–water partition coefficient (Wildman–Crippen LogP) is 2.69. The van der Waals surface area contributed by atoms with Crippen molar-refractivity contribution in [3.8, 4) is 0 Å². The largest absolute Gasteiger partial charge is 0.345 e. The lowest BCUT2D eigenvalue weighted by Gasteiger charge is -2.18. The highest BCUT2D eigenvalue weighted by atomic mass is 32.1. The Morgan fingerprint density at radius 2 is 2.12 bits per heavy atom. The highest BCUT2D eigenvalue weighted by Crippen LogP contribution is 2.35. The molecule has 0 amide bonds. The van der Waals surface area contributed by atoms with Crippen LogP contribution in [0, 0.1) is 6.92 Å². The molecule has 0 saturated heterocycles. The maximum Gasteiger partial charge on any atom is 0.186 e. The van der Waals surface area contributed by atoms with Gasteiger partial charge in [-0.05, 0) is 39.5 Å². The molecule has 17 heavy (non-hydrogen) atoms. The summed E-state index contributed by atoms with van der Waals surface area (Å²) in [7, 11) is 0. The van der Waals surface area contributed by atoms with E-state index in [1.165, 1.54) is 41.4 Å². The van der Waals surface area contributed by atoms with Crippen molar-refractivity contribution in [1.29, 1.82) is 0 Å². The molecule has 1 aromatic heterocycles. The minimum Gasteiger partial charge on any atom is -0.345 e. The van der Waals surface area contributed by atoms with Crippen molar-refractivity contribution in [2.75, 3.05) is 11.4 Å². The van der Waals surface area contributed by atoms with Crippen LogP contribution in [0.4, 0.5) is 5.13 Å². The van der Waals surface area contributed by atoms with Gasteiger partial charge < -0.3 is 10.2 Å². The monoisotopic (exact) mass is 251 g/mol. The molecule has 0 atom stereocenters. The maximum atomic E-state index is 4.75. The number of thiazole rings is 1. The fourth-order valence-corrected chi connectivity index (χ4v) is 3.31. The molecule has 1 N–H and O–H groups in total. The minimum atomic E-state index is 0.773. The number of nitrogens with one attached hydrogen (secondary N) is 1. The van der Waals surface area contributed by atoms with E-state index in [9.17, 15) is 0 Å². The number of anilines is 1. The number of hydrogen-bond donors (Lipinski definition) is 1. The van der Waals surface area contributed by atoms with Crippen LogP contribution in [-0.4, -0.2) is 23.6 Å². The summed E-state index contributed by atoms with van der Waals surface area (Å²) in [4.78, 5) is 8.64. The average molecular weight is 251 g/mol. The summed E-state index contributed by atoms with van der Waals surface area (Å²) in [5.74, 6) is 0. The lowest BCUT2D eigenvalue weighted by molar-refractivity contribution is 0.691. The number of nitrogens with zero attached hydrogens (tertiary/aromatic N) is 2. The molecule has 0 radical (unpaired) electrons. The van der Waals surface area contributed by atoms with Crippen LogP contribution in [0.15, 0.2) is 0 Å². The van der Waals surface area contributed by atoms with Gasteiger partial charge in [0.15, 0.2) is 5.13 Å². The second kappa shape index (κ2) is 4.58. The molecule has 0 aliphatic heterocycles. The van der Waals surface area contributed by atoms with Crippen molar-refractivity contribution in [2.45, 2.75) is 58.2 Å². The molecule has 1 aromatic rings. The first-order valence-electron chi connectivity index (χ1n) is 6.74. The molecule has 2 fully saturated rings. The maximum absolute atomic E-state index is 4.75. The van der Waals surface area contributed by atoms with E-state index in [-0.39, 0.29) is 0 Å². The Morgan fingerprint density at radius 3 is 2.71 bits per heavy atom. The summed E-state index contributed by atoms with van der Waals surface area (Å²) in [5, 5.41) is 4.82. The Bertz CT molecular complexity index is 393. The molecule has 2 aliphatic rings. The van der Waals surface area contributed by atoms with E-state index >= 15 is 0 Å². The molecule has 0 aromatic carbocycles. The molecule has 3 nitrogen and oxygen atoms in total. The van der Waals surface area contributed by atoms with Crippen LogP contribution in [0.2, 0.25) is 0 Å². The van der Waals surface area contributed by atoms with Crippen LogP contribution >= 0.6 is 11.3 Å². The summed E-state index contributed by atoms with van der Waals surface area (Å²) >= 11 is 1.88. The lowest BCUT2D eigenvalue weighted by atomic mass is 10.4. The topological polar surface area (TPSA) is 28.2 Å². The first-order valence-corrected chi connectivity index (χ1v) is 7.56. The van der Waals surface area contributed by atoms with Crippen LogP contribution < -0.4 is 10.2 Å². The third kappa shape index (κ3) is 2.63. The molecule has 94 valence electrons. The zero-order valence-corrected chi connectivity index (χ0v) is 11.5. The molecular formula is C13H21N3S. The van der Waals surface area contributed by atoms with Crippen LogP contribution in [0.3, 0.4) is 0 Å². The molecular weight excluding hydrogens is 230 g/mol. The predicted molar refractivity (Wildman–Crippen MR) is 72.8 cm³/mol. The second-order valence-electron chi connectivity index (χ2n) is 5.18. The average Bonchev–Trinajstić information content (AvgIpc) is 3.19. The Kier molecular flexibility index (Phi) is 3.09. The first kappa shape index (κ1) is 11.5. The molecule has 0 unspecified atom stereocenters. The third-order valence-corrected chi connectivity index (χ3v) is 4.78. The van der Waals surface area contributed by atoms with E-state index in [2.05, 4.69) is 24.1 Å². The van der Waals surface area contributed by atoms with Gasteiger partial charge >= 0.3 is 0 Å². The first-order chi connectivity index (χ1) is 8.28. The van der Waals surface area contributed by atoms with Crippen LogP contribution in [0.25, 0.3) is 0 Å². The Balaban J connectivity index is 1.69.